The summed E-state index contributed by atoms with van der Waals surface area (Å²) in [5.74, 6) is -0.593. The Balaban J connectivity index is 3.62. The highest BCUT2D eigenvalue weighted by Gasteiger charge is 2.28. The second-order valence-electron chi connectivity index (χ2n) is 23.5. The van der Waals surface area contributed by atoms with E-state index in [1.54, 1.807) is 0 Å². The van der Waals surface area contributed by atoms with E-state index in [-0.39, 0.29) is 0 Å². The number of nitrogens with one attached hydrogen (secondary N) is 1. The Bertz CT molecular complexity index is 1190. The Morgan fingerprint density at radius 2 is 0.560 bits per heavy atom. The molecule has 0 aromatic heterocycles. The lowest BCUT2D eigenvalue weighted by Crippen LogP contribution is -2.53. The molecule has 0 fully saturated rings. The zero-order valence-electron chi connectivity index (χ0n) is 50.6. The number of carbonyl (C=O) groups excluding carboxylic acids is 1. The van der Waals surface area contributed by atoms with Gasteiger partial charge in [0.1, 0.15) is 12.2 Å². The minimum Gasteiger partial charge on any atom is -0.394 e. The number of allylic oxidation sites excluding steroid dienone is 6. The molecular weight excluding hydrogens is 923 g/mol. The summed E-state index contributed by atoms with van der Waals surface area (Å²) in [6, 6.07) is -1.01. The molecule has 0 aliphatic heterocycles. The monoisotopic (exact) mass is 1060 g/mol. The van der Waals surface area contributed by atoms with Crippen LogP contribution in [-0.4, -0.2) is 57.3 Å². The third kappa shape index (κ3) is 57.0. The summed E-state index contributed by atoms with van der Waals surface area (Å²) in [6.07, 6.45) is 81.2. The van der Waals surface area contributed by atoms with Crippen molar-refractivity contribution in [3.05, 3.63) is 36.5 Å². The van der Waals surface area contributed by atoms with Gasteiger partial charge >= 0.3 is 0 Å². The molecule has 0 bridgehead atoms. The van der Waals surface area contributed by atoms with E-state index in [9.17, 15) is 25.2 Å². The van der Waals surface area contributed by atoms with Crippen LogP contribution in [0, 0.1) is 0 Å². The third-order valence-corrected chi connectivity index (χ3v) is 16.1. The number of hydrogen-bond donors (Lipinski definition) is 5. The first-order valence-electron chi connectivity index (χ1n) is 33.9. The van der Waals surface area contributed by atoms with Crippen LogP contribution in [0.25, 0.3) is 0 Å². The zero-order chi connectivity index (χ0) is 54.4. The predicted molar refractivity (Wildman–Crippen MR) is 330 cm³/mol. The molecule has 4 atom stereocenters. The highest BCUT2D eigenvalue weighted by molar-refractivity contribution is 5.80. The van der Waals surface area contributed by atoms with Crippen LogP contribution in [-0.2, 0) is 4.79 Å². The van der Waals surface area contributed by atoms with Crippen molar-refractivity contribution in [1.82, 2.24) is 5.32 Å². The molecule has 0 spiro atoms. The van der Waals surface area contributed by atoms with Crippen LogP contribution in [0.15, 0.2) is 36.5 Å². The molecule has 0 aliphatic rings. The van der Waals surface area contributed by atoms with Gasteiger partial charge in [-0.15, -0.1) is 0 Å². The molecule has 6 heteroatoms. The van der Waals surface area contributed by atoms with E-state index in [1.165, 1.54) is 283 Å². The van der Waals surface area contributed by atoms with Gasteiger partial charge in [-0.25, -0.2) is 0 Å². The van der Waals surface area contributed by atoms with Gasteiger partial charge in [-0.1, -0.05) is 339 Å². The summed E-state index contributed by atoms with van der Waals surface area (Å²) in [4.78, 5) is 12.6. The Morgan fingerprint density at radius 3 is 0.840 bits per heavy atom. The third-order valence-electron chi connectivity index (χ3n) is 16.1. The second kappa shape index (κ2) is 63.4. The summed E-state index contributed by atoms with van der Waals surface area (Å²) in [6.45, 7) is 4.09. The molecule has 0 rings (SSSR count). The highest BCUT2D eigenvalue weighted by Crippen LogP contribution is 2.19. The van der Waals surface area contributed by atoms with E-state index in [2.05, 4.69) is 55.6 Å². The van der Waals surface area contributed by atoms with Crippen LogP contribution in [0.1, 0.15) is 367 Å². The maximum Gasteiger partial charge on any atom is 0.249 e. The van der Waals surface area contributed by atoms with Crippen LogP contribution in [0.4, 0.5) is 0 Å². The summed E-state index contributed by atoms with van der Waals surface area (Å²) < 4.78 is 0. The lowest BCUT2D eigenvalue weighted by Gasteiger charge is -2.27. The average molecular weight is 1060 g/mol. The van der Waals surface area contributed by atoms with E-state index >= 15 is 0 Å². The summed E-state index contributed by atoms with van der Waals surface area (Å²) in [5.41, 5.74) is 0. The van der Waals surface area contributed by atoms with Gasteiger partial charge in [0.15, 0.2) is 0 Å². The Morgan fingerprint density at radius 1 is 0.320 bits per heavy atom. The van der Waals surface area contributed by atoms with Crippen molar-refractivity contribution in [2.24, 2.45) is 0 Å². The maximum atomic E-state index is 12.6. The van der Waals surface area contributed by atoms with Gasteiger partial charge < -0.3 is 25.7 Å². The standard InChI is InChI=1S/C69H133NO5/c1-3-5-7-9-11-13-15-17-19-21-23-25-27-29-31-33-34-35-37-38-40-42-44-46-48-50-52-54-56-58-60-62-66(72)68(74)65(64-71)70-69(75)67(73)63-61-59-57-55-53-51-49-47-45-43-41-39-36-32-30-28-26-24-22-20-18-16-14-12-10-8-6-4-2/h38,40,46,48,54,56,65-68,71-74H,3-37,39,41-45,47,49-53,55,57-64H2,1-2H3,(H,70,75)/b40-38+,48-46+,56-54+. The molecular formula is C69H133NO5. The van der Waals surface area contributed by atoms with E-state index < -0.39 is 36.9 Å². The van der Waals surface area contributed by atoms with E-state index in [0.29, 0.717) is 19.3 Å². The van der Waals surface area contributed by atoms with Crippen LogP contribution in [0.5, 0.6) is 0 Å². The van der Waals surface area contributed by atoms with Crippen molar-refractivity contribution in [1.29, 1.82) is 0 Å². The van der Waals surface area contributed by atoms with Gasteiger partial charge in [-0.3, -0.25) is 4.79 Å². The van der Waals surface area contributed by atoms with Crippen molar-refractivity contribution < 1.29 is 25.2 Å². The van der Waals surface area contributed by atoms with Crippen molar-refractivity contribution in [2.75, 3.05) is 6.61 Å². The highest BCUT2D eigenvalue weighted by atomic mass is 16.3. The molecule has 6 nitrogen and oxygen atoms in total. The van der Waals surface area contributed by atoms with Crippen LogP contribution >= 0.6 is 0 Å². The molecule has 0 aromatic carbocycles. The van der Waals surface area contributed by atoms with Gasteiger partial charge in [0.2, 0.25) is 5.91 Å². The lowest BCUT2D eigenvalue weighted by molar-refractivity contribution is -0.132. The van der Waals surface area contributed by atoms with Gasteiger partial charge in [0, 0.05) is 0 Å². The first-order valence-corrected chi connectivity index (χ1v) is 33.9. The number of aliphatic hydroxyl groups excluding tert-OH is 4. The Kier molecular flexibility index (Phi) is 62.1. The van der Waals surface area contributed by atoms with Gasteiger partial charge in [-0.05, 0) is 64.2 Å². The van der Waals surface area contributed by atoms with Crippen molar-refractivity contribution in [3.8, 4) is 0 Å². The van der Waals surface area contributed by atoms with Gasteiger partial charge in [0.25, 0.3) is 0 Å². The van der Waals surface area contributed by atoms with Crippen LogP contribution in [0.2, 0.25) is 0 Å². The number of hydrogen-bond acceptors (Lipinski definition) is 5. The second-order valence-corrected chi connectivity index (χ2v) is 23.5. The quantitative estimate of drug-likeness (QED) is 0.0308. The first kappa shape index (κ1) is 73.5. The molecule has 75 heavy (non-hydrogen) atoms. The summed E-state index contributed by atoms with van der Waals surface area (Å²) in [5, 5.41) is 44.1. The average Bonchev–Trinajstić information content (AvgIpc) is 3.42. The molecule has 0 heterocycles. The predicted octanol–water partition coefficient (Wildman–Crippen LogP) is 20.7. The Hall–Kier alpha value is -1.47. The molecule has 0 saturated heterocycles. The van der Waals surface area contributed by atoms with Crippen molar-refractivity contribution >= 4 is 5.91 Å². The number of rotatable bonds is 63. The fraction of sp³-hybridized carbons (Fsp3) is 0.899. The summed E-state index contributed by atoms with van der Waals surface area (Å²) >= 11 is 0. The SMILES string of the molecule is CCCCCCCCCCCCCCCCCCCC/C=C/CC/C=C/CC/C=C/CCCC(O)C(O)C(CO)NC(=O)C(O)CCCCCCCCCCCCCCCCCCCCCCCCCCCCCC. The van der Waals surface area contributed by atoms with E-state index in [4.69, 9.17) is 0 Å². The number of carbonyl (C=O) groups is 1. The summed E-state index contributed by atoms with van der Waals surface area (Å²) in [7, 11) is 0. The van der Waals surface area contributed by atoms with Crippen LogP contribution < -0.4 is 5.32 Å². The van der Waals surface area contributed by atoms with Crippen molar-refractivity contribution in [3.63, 3.8) is 0 Å². The minimum atomic E-state index is -1.29. The number of aliphatic hydroxyl groups is 4. The fourth-order valence-electron chi connectivity index (χ4n) is 10.8. The van der Waals surface area contributed by atoms with E-state index in [1.807, 2.05) is 0 Å². The fourth-order valence-corrected chi connectivity index (χ4v) is 10.8. The minimum absolute atomic E-state index is 0.362. The lowest BCUT2D eigenvalue weighted by atomic mass is 10.00. The molecule has 0 radical (unpaired) electrons. The van der Waals surface area contributed by atoms with E-state index in [0.717, 1.165) is 51.4 Å². The molecule has 0 saturated carbocycles. The molecule has 444 valence electrons. The van der Waals surface area contributed by atoms with Gasteiger partial charge in [0.05, 0.1) is 18.8 Å². The zero-order valence-corrected chi connectivity index (χ0v) is 50.6. The van der Waals surface area contributed by atoms with Crippen LogP contribution in [0.3, 0.4) is 0 Å². The molecule has 0 aromatic rings. The first-order chi connectivity index (χ1) is 37.0. The molecule has 1 amide bonds. The largest absolute Gasteiger partial charge is 0.394 e. The maximum absolute atomic E-state index is 12.6. The number of amides is 1. The number of unbranched alkanes of at least 4 members (excludes halogenated alkanes) is 48. The smallest absolute Gasteiger partial charge is 0.249 e. The molecule has 5 N–H and O–H groups in total. The Labute approximate surface area is 468 Å². The topological polar surface area (TPSA) is 110 Å². The van der Waals surface area contributed by atoms with Crippen molar-refractivity contribution in [2.45, 2.75) is 391 Å². The molecule has 0 aliphatic carbocycles. The molecule has 4 unspecified atom stereocenters. The normalized spacial score (nSPS) is 13.7. The van der Waals surface area contributed by atoms with Gasteiger partial charge in [-0.2, -0.15) is 0 Å².